The van der Waals surface area contributed by atoms with Gasteiger partial charge in [0.25, 0.3) is 0 Å². The minimum absolute atomic E-state index is 0.0525. The first-order valence-electron chi connectivity index (χ1n) is 3.67. The second-order valence-corrected chi connectivity index (χ2v) is 2.87. The maximum atomic E-state index is 10.8. The summed E-state index contributed by atoms with van der Waals surface area (Å²) >= 11 is 0. The highest BCUT2D eigenvalue weighted by Gasteiger charge is 2.29. The van der Waals surface area contributed by atoms with E-state index in [4.69, 9.17) is 11.0 Å². The largest absolute Gasteiger partial charge is 0.327 e. The molecule has 0 saturated heterocycles. The van der Waals surface area contributed by atoms with Gasteiger partial charge >= 0.3 is 0 Å². The van der Waals surface area contributed by atoms with Crippen LogP contribution in [0.5, 0.6) is 0 Å². The highest BCUT2D eigenvalue weighted by Crippen LogP contribution is 2.32. The van der Waals surface area contributed by atoms with E-state index in [-0.39, 0.29) is 18.4 Å². The zero-order valence-corrected chi connectivity index (χ0v) is 6.21. The summed E-state index contributed by atoms with van der Waals surface area (Å²) < 4.78 is 0. The number of nitrogens with zero attached hydrogens (tertiary/aromatic N) is 1. The van der Waals surface area contributed by atoms with E-state index in [0.29, 0.717) is 5.92 Å². The molecule has 4 nitrogen and oxygen atoms in total. The number of nitrogens with two attached hydrogens (primary N) is 1. The van der Waals surface area contributed by atoms with Gasteiger partial charge in [0.15, 0.2) is 6.19 Å². The van der Waals surface area contributed by atoms with Crippen LogP contribution in [0.2, 0.25) is 0 Å². The molecule has 1 atom stereocenters. The van der Waals surface area contributed by atoms with Crippen molar-refractivity contribution >= 4 is 5.91 Å². The molecular formula is C7H11N3O. The molecule has 1 rings (SSSR count). The molecule has 1 unspecified atom stereocenters. The Balaban J connectivity index is 2.18. The van der Waals surface area contributed by atoms with E-state index >= 15 is 0 Å². The fourth-order valence-corrected chi connectivity index (χ4v) is 1.02. The van der Waals surface area contributed by atoms with Gasteiger partial charge in [0.2, 0.25) is 5.91 Å². The highest BCUT2D eigenvalue weighted by atomic mass is 16.1. The molecule has 0 radical (unpaired) electrons. The molecule has 0 aromatic rings. The van der Waals surface area contributed by atoms with E-state index < -0.39 is 0 Å². The van der Waals surface area contributed by atoms with Crippen LogP contribution in [0.4, 0.5) is 0 Å². The van der Waals surface area contributed by atoms with Crippen LogP contribution in [0.25, 0.3) is 0 Å². The predicted molar refractivity (Wildman–Crippen MR) is 39.1 cm³/mol. The molecule has 0 aromatic carbocycles. The summed E-state index contributed by atoms with van der Waals surface area (Å²) in [6.45, 7) is 0. The summed E-state index contributed by atoms with van der Waals surface area (Å²) in [5.74, 6) is 0.242. The molecule has 0 aliphatic heterocycles. The van der Waals surface area contributed by atoms with Crippen molar-refractivity contribution in [1.82, 2.24) is 5.32 Å². The van der Waals surface area contributed by atoms with Gasteiger partial charge in [-0.05, 0) is 18.8 Å². The third-order valence-electron chi connectivity index (χ3n) is 1.84. The Kier molecular flexibility index (Phi) is 2.44. The second-order valence-electron chi connectivity index (χ2n) is 2.87. The van der Waals surface area contributed by atoms with Gasteiger partial charge in [-0.2, -0.15) is 5.26 Å². The number of rotatable bonds is 3. The molecule has 1 fully saturated rings. The standard InChI is InChI=1S/C7H11N3O/c8-4-10-7(11)3-6(9)5-1-2-5/h5-6H,1-3,9H2,(H,10,11). The molecule has 0 spiro atoms. The number of carbonyl (C=O) groups is 1. The Morgan fingerprint density at radius 1 is 1.82 bits per heavy atom. The van der Waals surface area contributed by atoms with Crippen LogP contribution in [-0.2, 0) is 4.79 Å². The maximum absolute atomic E-state index is 10.8. The first-order valence-corrected chi connectivity index (χ1v) is 3.67. The van der Waals surface area contributed by atoms with Crippen LogP contribution in [0.15, 0.2) is 0 Å². The van der Waals surface area contributed by atoms with Crippen molar-refractivity contribution in [3.05, 3.63) is 0 Å². The molecule has 1 aliphatic carbocycles. The summed E-state index contributed by atoms with van der Waals surface area (Å²) in [4.78, 5) is 10.8. The predicted octanol–water partition coefficient (Wildman–Crippen LogP) is -0.289. The summed E-state index contributed by atoms with van der Waals surface area (Å²) in [6.07, 6.45) is 4.11. The minimum Gasteiger partial charge on any atom is -0.327 e. The van der Waals surface area contributed by atoms with E-state index in [1.165, 1.54) is 0 Å². The average Bonchev–Trinajstić information content (AvgIpc) is 2.67. The number of carbonyl (C=O) groups excluding carboxylic acids is 1. The fraction of sp³-hybridized carbons (Fsp3) is 0.714. The summed E-state index contributed by atoms with van der Waals surface area (Å²) in [6, 6.07) is -0.0525. The molecule has 1 amide bonds. The van der Waals surface area contributed by atoms with E-state index in [0.717, 1.165) is 12.8 Å². The van der Waals surface area contributed by atoms with Crippen molar-refractivity contribution in [2.45, 2.75) is 25.3 Å². The third-order valence-corrected chi connectivity index (χ3v) is 1.84. The van der Waals surface area contributed by atoms with Gasteiger partial charge in [-0.15, -0.1) is 0 Å². The quantitative estimate of drug-likeness (QED) is 0.432. The summed E-state index contributed by atoms with van der Waals surface area (Å²) in [5, 5.41) is 10.1. The molecule has 11 heavy (non-hydrogen) atoms. The molecular weight excluding hydrogens is 142 g/mol. The van der Waals surface area contributed by atoms with Gasteiger partial charge in [0.1, 0.15) is 0 Å². The van der Waals surface area contributed by atoms with Crippen molar-refractivity contribution in [3.8, 4) is 6.19 Å². The van der Waals surface area contributed by atoms with Crippen LogP contribution >= 0.6 is 0 Å². The lowest BCUT2D eigenvalue weighted by Gasteiger charge is -2.06. The van der Waals surface area contributed by atoms with Crippen LogP contribution in [0.1, 0.15) is 19.3 Å². The Morgan fingerprint density at radius 2 is 2.45 bits per heavy atom. The van der Waals surface area contributed by atoms with Crippen molar-refractivity contribution in [1.29, 1.82) is 5.26 Å². The van der Waals surface area contributed by atoms with Crippen molar-refractivity contribution in [2.24, 2.45) is 11.7 Å². The van der Waals surface area contributed by atoms with Gasteiger partial charge in [-0.3, -0.25) is 10.1 Å². The zero-order chi connectivity index (χ0) is 8.27. The number of nitrogens with one attached hydrogen (secondary N) is 1. The van der Waals surface area contributed by atoms with Crippen molar-refractivity contribution in [2.75, 3.05) is 0 Å². The minimum atomic E-state index is -0.271. The highest BCUT2D eigenvalue weighted by molar-refractivity contribution is 5.78. The van der Waals surface area contributed by atoms with Crippen molar-refractivity contribution < 1.29 is 4.79 Å². The SMILES string of the molecule is N#CNC(=O)CC(N)C1CC1. The lowest BCUT2D eigenvalue weighted by atomic mass is 10.1. The molecule has 0 aromatic heterocycles. The molecule has 1 saturated carbocycles. The van der Waals surface area contributed by atoms with Crippen LogP contribution in [0.3, 0.4) is 0 Å². The van der Waals surface area contributed by atoms with E-state index in [1.807, 2.05) is 5.32 Å². The monoisotopic (exact) mass is 153 g/mol. The van der Waals surface area contributed by atoms with Gasteiger partial charge in [0.05, 0.1) is 0 Å². The molecule has 0 bridgehead atoms. The van der Waals surface area contributed by atoms with E-state index in [9.17, 15) is 4.79 Å². The first-order chi connectivity index (χ1) is 5.24. The Hall–Kier alpha value is -1.08. The molecule has 1 aliphatic rings. The molecule has 60 valence electrons. The molecule has 4 heteroatoms. The number of amides is 1. The smallest absolute Gasteiger partial charge is 0.234 e. The number of nitriles is 1. The molecule has 0 heterocycles. The lowest BCUT2D eigenvalue weighted by Crippen LogP contribution is -2.30. The zero-order valence-electron chi connectivity index (χ0n) is 6.21. The fourth-order valence-electron chi connectivity index (χ4n) is 1.02. The van der Waals surface area contributed by atoms with Crippen LogP contribution < -0.4 is 11.1 Å². The second kappa shape index (κ2) is 3.35. The summed E-state index contributed by atoms with van der Waals surface area (Å²) in [5.41, 5.74) is 5.64. The number of hydrogen-bond acceptors (Lipinski definition) is 3. The Labute approximate surface area is 65.4 Å². The summed E-state index contributed by atoms with van der Waals surface area (Å²) in [7, 11) is 0. The Morgan fingerprint density at radius 3 is 2.91 bits per heavy atom. The third kappa shape index (κ3) is 2.56. The van der Waals surface area contributed by atoms with Crippen LogP contribution in [0, 0.1) is 17.4 Å². The lowest BCUT2D eigenvalue weighted by molar-refractivity contribution is -0.120. The van der Waals surface area contributed by atoms with Crippen LogP contribution in [-0.4, -0.2) is 11.9 Å². The van der Waals surface area contributed by atoms with Gasteiger partial charge in [-0.25, -0.2) is 0 Å². The molecule has 3 N–H and O–H groups in total. The van der Waals surface area contributed by atoms with Gasteiger partial charge in [0, 0.05) is 12.5 Å². The van der Waals surface area contributed by atoms with E-state index in [2.05, 4.69) is 0 Å². The first kappa shape index (κ1) is 8.02. The van der Waals surface area contributed by atoms with Gasteiger partial charge in [-0.1, -0.05) is 0 Å². The van der Waals surface area contributed by atoms with Crippen molar-refractivity contribution in [3.63, 3.8) is 0 Å². The maximum Gasteiger partial charge on any atom is 0.234 e. The van der Waals surface area contributed by atoms with Gasteiger partial charge < -0.3 is 5.73 Å². The Bertz CT molecular complexity index is 192. The average molecular weight is 153 g/mol. The normalized spacial score (nSPS) is 18.5. The number of hydrogen-bond donors (Lipinski definition) is 2. The van der Waals surface area contributed by atoms with E-state index in [1.54, 1.807) is 6.19 Å². The topological polar surface area (TPSA) is 78.9 Å².